The predicted molar refractivity (Wildman–Crippen MR) is 132 cm³/mol. The maximum absolute atomic E-state index is 13.0. The van der Waals surface area contributed by atoms with E-state index in [9.17, 15) is 15.1 Å². The minimum atomic E-state index is -0.500. The Balaban J connectivity index is 1.49. The summed E-state index contributed by atoms with van der Waals surface area (Å²) in [5.74, 6) is 0.827. The number of nitrogens with one attached hydrogen (secondary N) is 3. The standard InChI is InChI=1S/C26H35N5O4/c1-4-35-23-15-20(27)17(16-28-19-10-12-26(33,13-11-19)18-8-9-18)14-21(23)29-25(32)22-6-5-7-24(30(2)3)31(22)34/h5-7,14-16,18-19,27,32-34H,4,8-13H2,1-3H3/p+1/t19-,26-. The van der Waals surface area contributed by atoms with Gasteiger partial charge in [0.05, 0.1) is 37.7 Å². The van der Waals surface area contributed by atoms with Crippen LogP contribution >= 0.6 is 0 Å². The van der Waals surface area contributed by atoms with Gasteiger partial charge in [0.15, 0.2) is 0 Å². The molecule has 1 aromatic heterocycles. The first kappa shape index (κ1) is 24.8. The molecule has 4 rings (SSSR count). The zero-order valence-electron chi connectivity index (χ0n) is 20.7. The van der Waals surface area contributed by atoms with E-state index in [0.717, 1.165) is 43.3 Å². The van der Waals surface area contributed by atoms with E-state index in [0.29, 0.717) is 35.4 Å². The van der Waals surface area contributed by atoms with Crippen molar-refractivity contribution in [3.63, 3.8) is 0 Å². The monoisotopic (exact) mass is 482 g/mol. The topological polar surface area (TPSA) is 122 Å². The summed E-state index contributed by atoms with van der Waals surface area (Å²) in [7, 11) is 3.55. The molecule has 1 heterocycles. The van der Waals surface area contributed by atoms with Crippen LogP contribution in [0, 0.1) is 11.3 Å². The van der Waals surface area contributed by atoms with Crippen molar-refractivity contribution in [3.8, 4) is 0 Å². The van der Waals surface area contributed by atoms with Crippen LogP contribution in [0.1, 0.15) is 55.9 Å². The molecule has 9 nitrogen and oxygen atoms in total. The highest BCUT2D eigenvalue weighted by Crippen LogP contribution is 2.47. The van der Waals surface area contributed by atoms with Crippen molar-refractivity contribution in [2.24, 2.45) is 5.92 Å². The van der Waals surface area contributed by atoms with Crippen molar-refractivity contribution >= 4 is 17.4 Å². The average molecular weight is 483 g/mol. The summed E-state index contributed by atoms with van der Waals surface area (Å²) in [6.45, 7) is 2.22. The fourth-order valence-electron chi connectivity index (χ4n) is 4.80. The minimum absolute atomic E-state index is 0.0719. The van der Waals surface area contributed by atoms with Crippen LogP contribution in [-0.4, -0.2) is 54.3 Å². The van der Waals surface area contributed by atoms with Gasteiger partial charge in [-0.3, -0.25) is 9.69 Å². The number of amides is 1. The Morgan fingerprint density at radius 2 is 1.97 bits per heavy atom. The number of aromatic nitrogens is 1. The molecule has 0 spiro atoms. The van der Waals surface area contributed by atoms with Crippen LogP contribution < -0.4 is 20.3 Å². The summed E-state index contributed by atoms with van der Waals surface area (Å²) in [6.07, 6.45) is 10.7. The second-order valence-electron chi connectivity index (χ2n) is 9.76. The van der Waals surface area contributed by atoms with Gasteiger partial charge in [0.25, 0.3) is 5.91 Å². The van der Waals surface area contributed by atoms with Gasteiger partial charge in [-0.1, -0.05) is 0 Å². The van der Waals surface area contributed by atoms with Crippen molar-refractivity contribution in [3.05, 3.63) is 59.3 Å². The van der Waals surface area contributed by atoms with Gasteiger partial charge in [-0.2, -0.15) is 0 Å². The van der Waals surface area contributed by atoms with Crippen molar-refractivity contribution < 1.29 is 24.6 Å². The highest BCUT2D eigenvalue weighted by molar-refractivity contribution is 6.10. The minimum Gasteiger partial charge on any atom is -0.492 e. The number of nitrogens with zero attached hydrogens (tertiary/aromatic N) is 2. The van der Waals surface area contributed by atoms with Gasteiger partial charge in [0, 0.05) is 30.0 Å². The molecule has 0 radical (unpaired) electrons. The molecule has 0 aliphatic heterocycles. The highest BCUT2D eigenvalue weighted by atomic mass is 16.5. The zero-order chi connectivity index (χ0) is 25.2. The fourth-order valence-corrected chi connectivity index (χ4v) is 4.80. The van der Waals surface area contributed by atoms with E-state index in [2.05, 4.69) is 10.6 Å². The number of allylic oxidation sites excluding steroid dienone is 3. The Kier molecular flexibility index (Phi) is 7.16. The zero-order valence-corrected chi connectivity index (χ0v) is 20.7. The average Bonchev–Trinajstić information content (AvgIpc) is 3.67. The molecule has 0 saturated heterocycles. The Morgan fingerprint density at radius 3 is 2.60 bits per heavy atom. The molecule has 0 atom stereocenters. The summed E-state index contributed by atoms with van der Waals surface area (Å²) in [6, 6.07) is 5.17. The molecule has 2 fully saturated rings. The molecule has 1 aromatic rings. The van der Waals surface area contributed by atoms with Crippen LogP contribution in [0.4, 0.5) is 5.82 Å². The summed E-state index contributed by atoms with van der Waals surface area (Å²) in [5.41, 5.74) is 0.885. The van der Waals surface area contributed by atoms with Crippen molar-refractivity contribution in [2.75, 3.05) is 25.6 Å². The van der Waals surface area contributed by atoms with E-state index in [4.69, 9.17) is 10.1 Å². The maximum Gasteiger partial charge on any atom is 0.316 e. The normalized spacial score (nSPS) is 25.5. The van der Waals surface area contributed by atoms with Crippen LogP contribution in [0.25, 0.3) is 0 Å². The maximum atomic E-state index is 13.0. The molecule has 1 amide bonds. The van der Waals surface area contributed by atoms with Crippen molar-refractivity contribution in [1.29, 1.82) is 5.41 Å². The number of aliphatic hydroxyl groups is 1. The van der Waals surface area contributed by atoms with Crippen LogP contribution in [0.5, 0.6) is 0 Å². The molecule has 2 saturated carbocycles. The van der Waals surface area contributed by atoms with Crippen molar-refractivity contribution in [2.45, 2.75) is 57.1 Å². The van der Waals surface area contributed by atoms with Crippen LogP contribution in [0.3, 0.4) is 0 Å². The van der Waals surface area contributed by atoms with E-state index in [-0.39, 0.29) is 17.4 Å². The van der Waals surface area contributed by atoms with E-state index in [1.54, 1.807) is 49.5 Å². The number of ether oxygens (including phenoxy) is 1. The first-order chi connectivity index (χ1) is 16.7. The summed E-state index contributed by atoms with van der Waals surface area (Å²) in [5, 5.41) is 35.9. The van der Waals surface area contributed by atoms with E-state index in [1.165, 1.54) is 6.07 Å². The third kappa shape index (κ3) is 5.51. The number of hydrogen-bond acceptors (Lipinski definition) is 7. The number of carbonyl (C=O) groups is 1. The first-order valence-electron chi connectivity index (χ1n) is 12.3. The number of pyridine rings is 1. The van der Waals surface area contributed by atoms with Crippen molar-refractivity contribution in [1.82, 2.24) is 10.6 Å². The molecule has 9 heteroatoms. The van der Waals surface area contributed by atoms with Crippen LogP contribution in [0.2, 0.25) is 0 Å². The van der Waals surface area contributed by atoms with E-state index >= 15 is 0 Å². The summed E-state index contributed by atoms with van der Waals surface area (Å²) in [4.78, 5) is 14.7. The molecule has 3 aliphatic carbocycles. The molecule has 188 valence electrons. The fraction of sp³-hybridized carbons (Fsp3) is 0.500. The largest absolute Gasteiger partial charge is 0.492 e. The van der Waals surface area contributed by atoms with Gasteiger partial charge >= 0.3 is 5.82 Å². The Labute approximate surface area is 206 Å². The van der Waals surface area contributed by atoms with Gasteiger partial charge < -0.3 is 31.1 Å². The molecule has 0 bridgehead atoms. The second kappa shape index (κ2) is 10.1. The van der Waals surface area contributed by atoms with E-state index < -0.39 is 11.5 Å². The van der Waals surface area contributed by atoms with Gasteiger partial charge in [-0.15, -0.1) is 0 Å². The van der Waals surface area contributed by atoms with Gasteiger partial charge in [0.2, 0.25) is 5.69 Å². The summed E-state index contributed by atoms with van der Waals surface area (Å²) < 4.78 is 6.52. The quantitative estimate of drug-likeness (QED) is 0.287. The summed E-state index contributed by atoms with van der Waals surface area (Å²) >= 11 is 0. The molecule has 0 aromatic carbocycles. The number of hydrogen-bond donors (Lipinski definition) is 5. The number of rotatable bonds is 8. The molecule has 3 aliphatic rings. The van der Waals surface area contributed by atoms with Gasteiger partial charge in [-0.05, 0) is 74.3 Å². The number of carbonyl (C=O) groups excluding carboxylic acids is 1. The first-order valence-corrected chi connectivity index (χ1v) is 12.3. The lowest BCUT2D eigenvalue weighted by Crippen LogP contribution is -2.45. The third-order valence-corrected chi connectivity index (χ3v) is 7.00. The Bertz CT molecular complexity index is 1080. The molecule has 5 N–H and O–H groups in total. The lowest BCUT2D eigenvalue weighted by atomic mass is 9.79. The third-order valence-electron chi connectivity index (χ3n) is 7.00. The lowest BCUT2D eigenvalue weighted by Gasteiger charge is -2.36. The molecule has 0 unspecified atom stereocenters. The van der Waals surface area contributed by atoms with Crippen LogP contribution in [-0.2, 0) is 4.74 Å². The Hall–Kier alpha value is -3.33. The molecule has 35 heavy (non-hydrogen) atoms. The molecular formula is C26H36N5O4+. The lowest BCUT2D eigenvalue weighted by molar-refractivity contribution is -0.895. The highest BCUT2D eigenvalue weighted by Gasteiger charge is 2.45. The smallest absolute Gasteiger partial charge is 0.316 e. The predicted octanol–water partition coefficient (Wildman–Crippen LogP) is 2.40. The van der Waals surface area contributed by atoms with E-state index in [1.807, 2.05) is 6.92 Å². The Morgan fingerprint density at radius 1 is 1.26 bits per heavy atom. The SMILES string of the molecule is CCOC1=CC(=N)/C(=C\N[C@H]2CC[C@@](O)(C3CC3)CC2)C=C1NC(=O)c1cccc(N(C)C)[n+]1O. The van der Waals surface area contributed by atoms with Gasteiger partial charge in [0.1, 0.15) is 5.76 Å². The second-order valence-corrected chi connectivity index (χ2v) is 9.76. The number of anilines is 1. The van der Waals surface area contributed by atoms with Gasteiger partial charge in [-0.25, -0.2) is 0 Å². The molecular weight excluding hydrogens is 446 g/mol. The van der Waals surface area contributed by atoms with Crippen LogP contribution in [0.15, 0.2) is 53.6 Å².